The van der Waals surface area contributed by atoms with Crippen LogP contribution in [-0.4, -0.2) is 32.3 Å². The summed E-state index contributed by atoms with van der Waals surface area (Å²) in [5, 5.41) is 18.0. The fraction of sp³-hybridized carbons (Fsp3) is 0.500. The Kier molecular flexibility index (Phi) is 5.11. The quantitative estimate of drug-likeness (QED) is 0.915. The molecule has 2 rings (SSSR count). The second-order valence-electron chi connectivity index (χ2n) is 6.42. The predicted molar refractivity (Wildman–Crippen MR) is 80.5 cm³/mol. The van der Waals surface area contributed by atoms with Gasteiger partial charge in [-0.25, -0.2) is 8.78 Å². The molecular formula is C16H21F2N3O2. The highest BCUT2D eigenvalue weighted by atomic mass is 19.1. The van der Waals surface area contributed by atoms with Crippen LogP contribution in [0.5, 0.6) is 0 Å². The zero-order valence-electron chi connectivity index (χ0n) is 13.7. The van der Waals surface area contributed by atoms with E-state index in [0.29, 0.717) is 11.8 Å². The van der Waals surface area contributed by atoms with E-state index >= 15 is 0 Å². The molecule has 1 aromatic heterocycles. The summed E-state index contributed by atoms with van der Waals surface area (Å²) in [5.41, 5.74) is -0.700. The monoisotopic (exact) mass is 325 g/mol. The molecule has 5 nitrogen and oxygen atoms in total. The van der Waals surface area contributed by atoms with E-state index in [2.05, 4.69) is 10.2 Å². The number of benzene rings is 1. The maximum Gasteiger partial charge on any atom is 0.230 e. The van der Waals surface area contributed by atoms with Gasteiger partial charge in [0.2, 0.25) is 11.8 Å². The van der Waals surface area contributed by atoms with Gasteiger partial charge in [0.25, 0.3) is 0 Å². The Labute approximate surface area is 133 Å². The second kappa shape index (κ2) is 6.72. The van der Waals surface area contributed by atoms with E-state index in [4.69, 9.17) is 4.42 Å². The van der Waals surface area contributed by atoms with Crippen LogP contribution in [0.15, 0.2) is 22.6 Å². The minimum Gasteiger partial charge on any atom is -0.424 e. The number of aryl methyl sites for hydroxylation is 1. The smallest absolute Gasteiger partial charge is 0.230 e. The number of nitrogens with zero attached hydrogens (tertiary/aromatic N) is 3. The van der Waals surface area contributed by atoms with Crippen molar-refractivity contribution in [1.29, 1.82) is 0 Å². The SMILES string of the molecule is Cc1nnc(CN(CC(O)c2c(F)cccc2F)C(C)(C)C)o1. The molecule has 0 radical (unpaired) electrons. The molecule has 7 heteroatoms. The van der Waals surface area contributed by atoms with Gasteiger partial charge in [0.1, 0.15) is 11.6 Å². The van der Waals surface area contributed by atoms with Gasteiger partial charge in [0.15, 0.2) is 0 Å². The molecule has 126 valence electrons. The van der Waals surface area contributed by atoms with Crippen molar-refractivity contribution in [3.63, 3.8) is 0 Å². The summed E-state index contributed by atoms with van der Waals surface area (Å²) in [7, 11) is 0. The van der Waals surface area contributed by atoms with Crippen LogP contribution >= 0.6 is 0 Å². The van der Waals surface area contributed by atoms with E-state index in [-0.39, 0.29) is 24.2 Å². The third kappa shape index (κ3) is 4.33. The number of hydrogen-bond donors (Lipinski definition) is 1. The third-order valence-corrected chi connectivity index (χ3v) is 3.57. The van der Waals surface area contributed by atoms with Crippen LogP contribution in [0.2, 0.25) is 0 Å². The van der Waals surface area contributed by atoms with Crippen LogP contribution in [0.1, 0.15) is 44.2 Å². The molecule has 0 amide bonds. The summed E-state index contributed by atoms with van der Waals surface area (Å²) >= 11 is 0. The first-order chi connectivity index (χ1) is 10.7. The first-order valence-electron chi connectivity index (χ1n) is 7.34. The lowest BCUT2D eigenvalue weighted by molar-refractivity contribution is 0.0428. The first-order valence-corrected chi connectivity index (χ1v) is 7.34. The number of halogens is 2. The molecule has 0 spiro atoms. The summed E-state index contributed by atoms with van der Waals surface area (Å²) in [5.74, 6) is -0.701. The first kappa shape index (κ1) is 17.5. The van der Waals surface area contributed by atoms with Gasteiger partial charge in [-0.1, -0.05) is 6.07 Å². The highest BCUT2D eigenvalue weighted by Gasteiger charge is 2.28. The van der Waals surface area contributed by atoms with Crippen LogP contribution in [0, 0.1) is 18.6 Å². The van der Waals surface area contributed by atoms with E-state index in [0.717, 1.165) is 12.1 Å². The molecule has 0 saturated carbocycles. The molecule has 0 aliphatic heterocycles. The molecule has 1 N–H and O–H groups in total. The highest BCUT2D eigenvalue weighted by Crippen LogP contribution is 2.25. The van der Waals surface area contributed by atoms with E-state index in [1.165, 1.54) is 6.07 Å². The van der Waals surface area contributed by atoms with Gasteiger partial charge in [-0.15, -0.1) is 10.2 Å². The van der Waals surface area contributed by atoms with Gasteiger partial charge in [0, 0.05) is 19.0 Å². The molecule has 2 aromatic rings. The van der Waals surface area contributed by atoms with Gasteiger partial charge in [-0.2, -0.15) is 0 Å². The standard InChI is InChI=1S/C16H21F2N3O2/c1-10-19-20-14(23-10)9-21(16(2,3)4)8-13(22)15-11(17)6-5-7-12(15)18/h5-7,13,22H,8-9H2,1-4H3. The van der Waals surface area contributed by atoms with Crippen molar-refractivity contribution in [2.75, 3.05) is 6.54 Å². The Morgan fingerprint density at radius 1 is 1.22 bits per heavy atom. The Hall–Kier alpha value is -1.86. The van der Waals surface area contributed by atoms with Crippen LogP contribution in [-0.2, 0) is 6.54 Å². The lowest BCUT2D eigenvalue weighted by atomic mass is 10.0. The maximum absolute atomic E-state index is 13.8. The van der Waals surface area contributed by atoms with Gasteiger partial charge in [-0.3, -0.25) is 4.90 Å². The van der Waals surface area contributed by atoms with Crippen molar-refractivity contribution in [3.8, 4) is 0 Å². The molecule has 1 atom stereocenters. The number of aliphatic hydroxyl groups is 1. The minimum atomic E-state index is -1.31. The molecule has 0 bridgehead atoms. The van der Waals surface area contributed by atoms with Crippen LogP contribution in [0.4, 0.5) is 8.78 Å². The molecule has 0 saturated heterocycles. The minimum absolute atomic E-state index is 0.0305. The Balaban J connectivity index is 2.20. The fourth-order valence-electron chi connectivity index (χ4n) is 2.27. The van der Waals surface area contributed by atoms with E-state index < -0.39 is 17.7 Å². The highest BCUT2D eigenvalue weighted by molar-refractivity contribution is 5.22. The fourth-order valence-corrected chi connectivity index (χ4v) is 2.27. The summed E-state index contributed by atoms with van der Waals surface area (Å²) in [6, 6.07) is 3.53. The number of β-amino-alcohol motifs (C(OH)–C–C–N with tert-alkyl or cyclic N) is 1. The molecule has 0 fully saturated rings. The molecule has 1 heterocycles. The van der Waals surface area contributed by atoms with E-state index in [1.54, 1.807) is 6.92 Å². The molecule has 0 aliphatic rings. The Morgan fingerprint density at radius 3 is 2.30 bits per heavy atom. The normalized spacial score (nSPS) is 13.6. The average molecular weight is 325 g/mol. The van der Waals surface area contributed by atoms with Crippen LogP contribution in [0.25, 0.3) is 0 Å². The number of aliphatic hydroxyl groups excluding tert-OH is 1. The zero-order chi connectivity index (χ0) is 17.2. The molecule has 1 unspecified atom stereocenters. The van der Waals surface area contributed by atoms with Crippen molar-refractivity contribution in [2.24, 2.45) is 0 Å². The lowest BCUT2D eigenvalue weighted by Crippen LogP contribution is -2.43. The Morgan fingerprint density at radius 2 is 1.83 bits per heavy atom. The van der Waals surface area contributed by atoms with Gasteiger partial charge >= 0.3 is 0 Å². The zero-order valence-corrected chi connectivity index (χ0v) is 13.7. The maximum atomic E-state index is 13.8. The number of hydrogen-bond acceptors (Lipinski definition) is 5. The number of aromatic nitrogens is 2. The summed E-state index contributed by atoms with van der Waals surface area (Å²) in [4.78, 5) is 1.83. The molecule has 23 heavy (non-hydrogen) atoms. The number of rotatable bonds is 5. The molecule has 0 aliphatic carbocycles. The van der Waals surface area contributed by atoms with E-state index in [9.17, 15) is 13.9 Å². The van der Waals surface area contributed by atoms with Crippen LogP contribution in [0.3, 0.4) is 0 Å². The average Bonchev–Trinajstić information content (AvgIpc) is 2.82. The van der Waals surface area contributed by atoms with Crippen LogP contribution < -0.4 is 0 Å². The van der Waals surface area contributed by atoms with E-state index in [1.807, 2.05) is 25.7 Å². The third-order valence-electron chi connectivity index (χ3n) is 3.57. The largest absolute Gasteiger partial charge is 0.424 e. The van der Waals surface area contributed by atoms with Crippen molar-refractivity contribution in [3.05, 3.63) is 47.2 Å². The van der Waals surface area contributed by atoms with Gasteiger partial charge in [-0.05, 0) is 32.9 Å². The van der Waals surface area contributed by atoms with Crippen molar-refractivity contribution in [2.45, 2.75) is 45.9 Å². The van der Waals surface area contributed by atoms with Gasteiger partial charge < -0.3 is 9.52 Å². The Bertz CT molecular complexity index is 647. The second-order valence-corrected chi connectivity index (χ2v) is 6.42. The molecular weight excluding hydrogens is 304 g/mol. The lowest BCUT2D eigenvalue weighted by Gasteiger charge is -2.36. The summed E-state index contributed by atoms with van der Waals surface area (Å²) < 4.78 is 33.0. The topological polar surface area (TPSA) is 62.4 Å². The van der Waals surface area contributed by atoms with Gasteiger partial charge in [0.05, 0.1) is 18.2 Å². The van der Waals surface area contributed by atoms with Crippen molar-refractivity contribution in [1.82, 2.24) is 15.1 Å². The molecule has 1 aromatic carbocycles. The van der Waals surface area contributed by atoms with Crippen molar-refractivity contribution >= 4 is 0 Å². The van der Waals surface area contributed by atoms with Crippen molar-refractivity contribution < 1.29 is 18.3 Å². The predicted octanol–water partition coefficient (Wildman–Crippen LogP) is 2.99. The summed E-state index contributed by atoms with van der Waals surface area (Å²) in [6.07, 6.45) is -1.31. The summed E-state index contributed by atoms with van der Waals surface area (Å²) in [6.45, 7) is 7.78.